The maximum absolute atomic E-state index is 13.0. The van der Waals surface area contributed by atoms with Crippen LogP contribution in [0.15, 0.2) is 24.3 Å². The minimum atomic E-state index is -0.348. The molecule has 0 saturated carbocycles. The molecule has 0 radical (unpaired) electrons. The number of carbonyl (C=O) groups excluding carboxylic acids is 2. The number of amides is 2. The second-order valence-corrected chi connectivity index (χ2v) is 6.84. The maximum Gasteiger partial charge on any atom is 0.253 e. The van der Waals surface area contributed by atoms with E-state index in [1.165, 1.54) is 37.1 Å². The molecule has 130 valence electrons. The van der Waals surface area contributed by atoms with Crippen LogP contribution in [0, 0.1) is 11.7 Å². The number of hydrogen-bond donors (Lipinski definition) is 0. The van der Waals surface area contributed by atoms with Crippen molar-refractivity contribution in [3.8, 4) is 0 Å². The summed E-state index contributed by atoms with van der Waals surface area (Å²) >= 11 is 0. The second-order valence-electron chi connectivity index (χ2n) is 6.84. The SMILES string of the molecule is O=C(c1ccc(F)cc1)N1CCCC(C(=O)N2CCCCCC2)C1. The van der Waals surface area contributed by atoms with Gasteiger partial charge < -0.3 is 9.80 Å². The molecular weight excluding hydrogens is 307 g/mol. The van der Waals surface area contributed by atoms with Crippen molar-refractivity contribution in [2.75, 3.05) is 26.2 Å². The summed E-state index contributed by atoms with van der Waals surface area (Å²) in [7, 11) is 0. The molecule has 0 bridgehead atoms. The summed E-state index contributed by atoms with van der Waals surface area (Å²) < 4.78 is 13.0. The van der Waals surface area contributed by atoms with Crippen LogP contribution >= 0.6 is 0 Å². The highest BCUT2D eigenvalue weighted by atomic mass is 19.1. The highest BCUT2D eigenvalue weighted by molar-refractivity contribution is 5.94. The van der Waals surface area contributed by atoms with E-state index >= 15 is 0 Å². The Hall–Kier alpha value is -1.91. The maximum atomic E-state index is 13.0. The fourth-order valence-electron chi connectivity index (χ4n) is 3.69. The number of rotatable bonds is 2. The molecule has 1 atom stereocenters. The van der Waals surface area contributed by atoms with Gasteiger partial charge in [-0.1, -0.05) is 12.8 Å². The number of hydrogen-bond acceptors (Lipinski definition) is 2. The smallest absolute Gasteiger partial charge is 0.253 e. The number of likely N-dealkylation sites (tertiary alicyclic amines) is 2. The molecule has 24 heavy (non-hydrogen) atoms. The van der Waals surface area contributed by atoms with Gasteiger partial charge in [-0.25, -0.2) is 4.39 Å². The number of carbonyl (C=O) groups is 2. The summed E-state index contributed by atoms with van der Waals surface area (Å²) in [6.45, 7) is 2.84. The Bertz CT molecular complexity index is 580. The van der Waals surface area contributed by atoms with Crippen LogP contribution in [0.2, 0.25) is 0 Å². The van der Waals surface area contributed by atoms with E-state index in [1.54, 1.807) is 4.90 Å². The molecule has 2 fully saturated rings. The quantitative estimate of drug-likeness (QED) is 0.835. The zero-order chi connectivity index (χ0) is 16.9. The molecule has 2 amide bonds. The minimum absolute atomic E-state index is 0.0961. The van der Waals surface area contributed by atoms with Crippen LogP contribution in [0.1, 0.15) is 48.9 Å². The van der Waals surface area contributed by atoms with Gasteiger partial charge in [0.1, 0.15) is 5.82 Å². The summed E-state index contributed by atoms with van der Waals surface area (Å²) in [4.78, 5) is 29.1. The summed E-state index contributed by atoms with van der Waals surface area (Å²) in [6, 6.07) is 5.63. The van der Waals surface area contributed by atoms with Gasteiger partial charge in [0.2, 0.25) is 5.91 Å². The summed E-state index contributed by atoms with van der Waals surface area (Å²) in [5, 5.41) is 0. The summed E-state index contributed by atoms with van der Waals surface area (Å²) in [5.41, 5.74) is 0.485. The van der Waals surface area contributed by atoms with Crippen molar-refractivity contribution in [3.05, 3.63) is 35.6 Å². The molecule has 2 aliphatic heterocycles. The van der Waals surface area contributed by atoms with Gasteiger partial charge >= 0.3 is 0 Å². The molecule has 1 aromatic rings. The van der Waals surface area contributed by atoms with Crippen molar-refractivity contribution in [2.24, 2.45) is 5.92 Å². The molecule has 2 saturated heterocycles. The second kappa shape index (κ2) is 7.77. The predicted octanol–water partition coefficient (Wildman–Crippen LogP) is 3.08. The van der Waals surface area contributed by atoms with Crippen LogP contribution in [0.3, 0.4) is 0 Å². The first-order valence-corrected chi connectivity index (χ1v) is 8.99. The van der Waals surface area contributed by atoms with Crippen LogP contribution in [-0.2, 0) is 4.79 Å². The van der Waals surface area contributed by atoms with Gasteiger partial charge in [-0.05, 0) is 49.9 Å². The molecular formula is C19H25FN2O2. The molecule has 4 nitrogen and oxygen atoms in total. The normalized spacial score (nSPS) is 22.1. The van der Waals surface area contributed by atoms with Gasteiger partial charge in [0.15, 0.2) is 0 Å². The largest absolute Gasteiger partial charge is 0.342 e. The minimum Gasteiger partial charge on any atom is -0.342 e. The van der Waals surface area contributed by atoms with Crippen molar-refractivity contribution in [1.29, 1.82) is 0 Å². The zero-order valence-electron chi connectivity index (χ0n) is 14.0. The lowest BCUT2D eigenvalue weighted by Crippen LogP contribution is -2.47. The molecule has 2 aliphatic rings. The Morgan fingerprint density at radius 1 is 0.875 bits per heavy atom. The van der Waals surface area contributed by atoms with Gasteiger partial charge in [-0.2, -0.15) is 0 Å². The fraction of sp³-hybridized carbons (Fsp3) is 0.579. The molecule has 5 heteroatoms. The van der Waals surface area contributed by atoms with Crippen LogP contribution in [-0.4, -0.2) is 47.8 Å². The lowest BCUT2D eigenvalue weighted by Gasteiger charge is -2.34. The van der Waals surface area contributed by atoms with Crippen molar-refractivity contribution >= 4 is 11.8 Å². The Balaban J connectivity index is 1.64. The van der Waals surface area contributed by atoms with Crippen molar-refractivity contribution in [1.82, 2.24) is 9.80 Å². The van der Waals surface area contributed by atoms with Crippen LogP contribution in [0.4, 0.5) is 4.39 Å². The molecule has 0 N–H and O–H groups in total. The lowest BCUT2D eigenvalue weighted by atomic mass is 9.95. The molecule has 1 aromatic carbocycles. The third-order valence-corrected chi connectivity index (χ3v) is 5.07. The average molecular weight is 332 g/mol. The van der Waals surface area contributed by atoms with E-state index in [-0.39, 0.29) is 23.5 Å². The average Bonchev–Trinajstić information content (AvgIpc) is 2.90. The van der Waals surface area contributed by atoms with Gasteiger partial charge in [0, 0.05) is 31.7 Å². The number of piperidine rings is 1. The molecule has 0 aliphatic carbocycles. The lowest BCUT2D eigenvalue weighted by molar-refractivity contribution is -0.136. The number of halogens is 1. The van der Waals surface area contributed by atoms with E-state index in [4.69, 9.17) is 0 Å². The first-order chi connectivity index (χ1) is 11.6. The van der Waals surface area contributed by atoms with E-state index in [0.717, 1.165) is 38.8 Å². The summed E-state index contributed by atoms with van der Waals surface area (Å²) in [6.07, 6.45) is 6.25. The molecule has 0 spiro atoms. The number of nitrogens with zero attached hydrogens (tertiary/aromatic N) is 2. The van der Waals surface area contributed by atoms with Crippen LogP contribution < -0.4 is 0 Å². The van der Waals surface area contributed by atoms with Crippen molar-refractivity contribution in [2.45, 2.75) is 38.5 Å². The van der Waals surface area contributed by atoms with Crippen LogP contribution in [0.25, 0.3) is 0 Å². The van der Waals surface area contributed by atoms with Gasteiger partial charge in [-0.15, -0.1) is 0 Å². The topological polar surface area (TPSA) is 40.6 Å². The van der Waals surface area contributed by atoms with E-state index in [2.05, 4.69) is 0 Å². The molecule has 3 rings (SSSR count). The van der Waals surface area contributed by atoms with E-state index in [9.17, 15) is 14.0 Å². The van der Waals surface area contributed by atoms with Crippen molar-refractivity contribution < 1.29 is 14.0 Å². The predicted molar refractivity (Wildman–Crippen MR) is 90.1 cm³/mol. The van der Waals surface area contributed by atoms with Gasteiger partial charge in [0.25, 0.3) is 5.91 Å². The zero-order valence-corrected chi connectivity index (χ0v) is 14.0. The Morgan fingerprint density at radius 3 is 2.17 bits per heavy atom. The molecule has 2 heterocycles. The fourth-order valence-corrected chi connectivity index (χ4v) is 3.69. The molecule has 1 unspecified atom stereocenters. The third kappa shape index (κ3) is 3.94. The van der Waals surface area contributed by atoms with E-state index < -0.39 is 0 Å². The Kier molecular flexibility index (Phi) is 5.48. The van der Waals surface area contributed by atoms with E-state index in [0.29, 0.717) is 18.7 Å². The Labute approximate surface area is 142 Å². The standard InChI is InChI=1S/C19H25FN2O2/c20-17-9-7-15(8-10-17)18(23)22-13-5-6-16(14-22)19(24)21-11-3-1-2-4-12-21/h7-10,16H,1-6,11-14H2. The number of benzene rings is 1. The van der Waals surface area contributed by atoms with Crippen molar-refractivity contribution in [3.63, 3.8) is 0 Å². The molecule has 0 aromatic heterocycles. The first-order valence-electron chi connectivity index (χ1n) is 8.99. The first kappa shape index (κ1) is 16.9. The van der Waals surface area contributed by atoms with E-state index in [1.807, 2.05) is 4.90 Å². The summed E-state index contributed by atoms with van der Waals surface area (Å²) in [5.74, 6) is -0.350. The van der Waals surface area contributed by atoms with Gasteiger partial charge in [-0.3, -0.25) is 9.59 Å². The highest BCUT2D eigenvalue weighted by Gasteiger charge is 2.31. The third-order valence-electron chi connectivity index (χ3n) is 5.07. The highest BCUT2D eigenvalue weighted by Crippen LogP contribution is 2.22. The monoisotopic (exact) mass is 332 g/mol. The van der Waals surface area contributed by atoms with Crippen LogP contribution in [0.5, 0.6) is 0 Å². The van der Waals surface area contributed by atoms with Gasteiger partial charge in [0.05, 0.1) is 5.92 Å². The Morgan fingerprint density at radius 2 is 1.50 bits per heavy atom.